The molecule has 0 saturated carbocycles. The van der Waals surface area contributed by atoms with Crippen molar-refractivity contribution in [2.75, 3.05) is 18.5 Å². The minimum absolute atomic E-state index is 0.636. The zero-order valence-electron chi connectivity index (χ0n) is 11.4. The monoisotopic (exact) mass is 257 g/mol. The van der Waals surface area contributed by atoms with Gasteiger partial charge in [-0.3, -0.25) is 9.97 Å². The first-order valence-corrected chi connectivity index (χ1v) is 6.61. The van der Waals surface area contributed by atoms with Gasteiger partial charge in [0.25, 0.3) is 0 Å². The van der Waals surface area contributed by atoms with Crippen LogP contribution in [0.25, 0.3) is 11.3 Å². The molecule has 0 aliphatic rings. The van der Waals surface area contributed by atoms with Crippen molar-refractivity contribution in [1.29, 1.82) is 0 Å². The van der Waals surface area contributed by atoms with Gasteiger partial charge >= 0.3 is 0 Å². The fourth-order valence-electron chi connectivity index (χ4n) is 1.77. The van der Waals surface area contributed by atoms with Crippen molar-refractivity contribution in [3.05, 3.63) is 36.8 Å². The second-order valence-electron chi connectivity index (χ2n) is 4.20. The predicted molar refractivity (Wildman–Crippen MR) is 77.4 cm³/mol. The molecule has 0 atom stereocenters. The number of aromatic nitrogens is 2. The van der Waals surface area contributed by atoms with Gasteiger partial charge in [-0.15, -0.1) is 0 Å². The molecule has 0 saturated heterocycles. The van der Waals surface area contributed by atoms with E-state index in [1.165, 1.54) is 0 Å². The highest BCUT2D eigenvalue weighted by atomic mass is 16.5. The number of anilines is 1. The Bertz CT molecular complexity index is 528. The first-order valence-electron chi connectivity index (χ1n) is 6.61. The van der Waals surface area contributed by atoms with Gasteiger partial charge in [-0.05, 0) is 31.5 Å². The summed E-state index contributed by atoms with van der Waals surface area (Å²) in [5, 5.41) is 3.35. The molecule has 100 valence electrons. The summed E-state index contributed by atoms with van der Waals surface area (Å²) in [6.45, 7) is 5.70. The molecule has 2 aromatic rings. The first kappa shape index (κ1) is 13.3. The Labute approximate surface area is 113 Å². The van der Waals surface area contributed by atoms with Crippen LogP contribution in [0, 0.1) is 0 Å². The molecule has 0 fully saturated rings. The maximum Gasteiger partial charge on any atom is 0.138 e. The van der Waals surface area contributed by atoms with E-state index in [9.17, 15) is 0 Å². The fourth-order valence-corrected chi connectivity index (χ4v) is 1.77. The summed E-state index contributed by atoms with van der Waals surface area (Å²) in [5.41, 5.74) is 2.94. The minimum Gasteiger partial charge on any atom is -0.492 e. The third-order valence-electron chi connectivity index (χ3n) is 2.66. The molecule has 0 aliphatic heterocycles. The molecule has 4 heteroatoms. The average Bonchev–Trinajstić information content (AvgIpc) is 2.46. The van der Waals surface area contributed by atoms with Crippen LogP contribution in [0.1, 0.15) is 20.3 Å². The van der Waals surface area contributed by atoms with Crippen molar-refractivity contribution in [2.24, 2.45) is 0 Å². The van der Waals surface area contributed by atoms with Gasteiger partial charge in [-0.1, -0.05) is 6.92 Å². The van der Waals surface area contributed by atoms with Crippen LogP contribution in [-0.4, -0.2) is 23.1 Å². The summed E-state index contributed by atoms with van der Waals surface area (Å²) < 4.78 is 5.46. The molecule has 0 spiro atoms. The molecule has 2 rings (SSSR count). The molecule has 19 heavy (non-hydrogen) atoms. The summed E-state index contributed by atoms with van der Waals surface area (Å²) in [4.78, 5) is 8.57. The molecular weight excluding hydrogens is 238 g/mol. The highest BCUT2D eigenvalue weighted by Crippen LogP contribution is 2.23. The molecule has 0 aromatic carbocycles. The van der Waals surface area contributed by atoms with E-state index < -0.39 is 0 Å². The Kier molecular flexibility index (Phi) is 4.72. The van der Waals surface area contributed by atoms with Gasteiger partial charge in [-0.2, -0.15) is 0 Å². The second kappa shape index (κ2) is 6.73. The molecule has 0 amide bonds. The lowest BCUT2D eigenvalue weighted by Gasteiger charge is -2.08. The zero-order valence-corrected chi connectivity index (χ0v) is 11.4. The molecule has 1 N–H and O–H groups in total. The van der Waals surface area contributed by atoms with Gasteiger partial charge in [0.1, 0.15) is 5.75 Å². The standard InChI is InChI=1S/C15H19N3O/c1-3-6-17-13-5-7-18-15(9-13)12-8-14(19-4-2)11-16-10-12/h5,7-11H,3-4,6H2,1-2H3,(H,17,18). The molecule has 4 nitrogen and oxygen atoms in total. The van der Waals surface area contributed by atoms with Crippen LogP contribution in [0.4, 0.5) is 5.69 Å². The van der Waals surface area contributed by atoms with E-state index in [0.29, 0.717) is 6.61 Å². The Morgan fingerprint density at radius 3 is 2.89 bits per heavy atom. The third-order valence-corrected chi connectivity index (χ3v) is 2.66. The van der Waals surface area contributed by atoms with E-state index in [1.807, 2.05) is 25.1 Å². The number of hydrogen-bond acceptors (Lipinski definition) is 4. The topological polar surface area (TPSA) is 47.0 Å². The quantitative estimate of drug-likeness (QED) is 0.862. The van der Waals surface area contributed by atoms with Crippen LogP contribution < -0.4 is 10.1 Å². The summed E-state index contributed by atoms with van der Waals surface area (Å²) in [6, 6.07) is 5.96. The molecule has 0 bridgehead atoms. The van der Waals surface area contributed by atoms with Gasteiger partial charge in [0.2, 0.25) is 0 Å². The lowest BCUT2D eigenvalue weighted by Crippen LogP contribution is -2.00. The molecule has 0 aliphatic carbocycles. The van der Waals surface area contributed by atoms with Crippen molar-refractivity contribution < 1.29 is 4.74 Å². The van der Waals surface area contributed by atoms with Gasteiger partial charge < -0.3 is 10.1 Å². The lowest BCUT2D eigenvalue weighted by atomic mass is 10.2. The highest BCUT2D eigenvalue weighted by Gasteiger charge is 2.03. The van der Waals surface area contributed by atoms with Crippen LogP contribution in [-0.2, 0) is 0 Å². The zero-order chi connectivity index (χ0) is 13.5. The van der Waals surface area contributed by atoms with Crippen molar-refractivity contribution in [1.82, 2.24) is 9.97 Å². The lowest BCUT2D eigenvalue weighted by molar-refractivity contribution is 0.339. The van der Waals surface area contributed by atoms with Crippen LogP contribution >= 0.6 is 0 Å². The van der Waals surface area contributed by atoms with E-state index in [2.05, 4.69) is 22.2 Å². The number of hydrogen-bond donors (Lipinski definition) is 1. The Morgan fingerprint density at radius 2 is 2.11 bits per heavy atom. The number of nitrogens with one attached hydrogen (secondary N) is 1. The summed E-state index contributed by atoms with van der Waals surface area (Å²) in [6.07, 6.45) is 6.42. The maximum atomic E-state index is 5.46. The van der Waals surface area contributed by atoms with Crippen LogP contribution in [0.5, 0.6) is 5.75 Å². The van der Waals surface area contributed by atoms with Crippen LogP contribution in [0.2, 0.25) is 0 Å². The molecule has 0 radical (unpaired) electrons. The second-order valence-corrected chi connectivity index (χ2v) is 4.20. The maximum absolute atomic E-state index is 5.46. The van der Waals surface area contributed by atoms with Crippen molar-refractivity contribution in [3.63, 3.8) is 0 Å². The smallest absolute Gasteiger partial charge is 0.138 e. The molecule has 0 unspecified atom stereocenters. The van der Waals surface area contributed by atoms with Gasteiger partial charge in [-0.25, -0.2) is 0 Å². The van der Waals surface area contributed by atoms with Crippen molar-refractivity contribution >= 4 is 5.69 Å². The van der Waals surface area contributed by atoms with Crippen molar-refractivity contribution in [3.8, 4) is 17.0 Å². The van der Waals surface area contributed by atoms with E-state index in [1.54, 1.807) is 18.6 Å². The van der Waals surface area contributed by atoms with Crippen LogP contribution in [0.15, 0.2) is 36.8 Å². The van der Waals surface area contributed by atoms with E-state index in [0.717, 1.165) is 35.7 Å². The molecule has 2 aromatic heterocycles. The SMILES string of the molecule is CCCNc1ccnc(-c2cncc(OCC)c2)c1. The predicted octanol–water partition coefficient (Wildman–Crippen LogP) is 3.36. The fraction of sp³-hybridized carbons (Fsp3) is 0.333. The number of pyridine rings is 2. The Hall–Kier alpha value is -2.10. The minimum atomic E-state index is 0.636. The van der Waals surface area contributed by atoms with Gasteiger partial charge in [0.15, 0.2) is 0 Å². The largest absolute Gasteiger partial charge is 0.492 e. The average molecular weight is 257 g/mol. The van der Waals surface area contributed by atoms with Crippen LogP contribution in [0.3, 0.4) is 0 Å². The van der Waals surface area contributed by atoms with Gasteiger partial charge in [0.05, 0.1) is 18.5 Å². The Balaban J connectivity index is 2.23. The Morgan fingerprint density at radius 1 is 1.21 bits per heavy atom. The highest BCUT2D eigenvalue weighted by molar-refractivity contribution is 5.64. The van der Waals surface area contributed by atoms with E-state index >= 15 is 0 Å². The number of nitrogens with zero attached hydrogens (tertiary/aromatic N) is 2. The normalized spacial score (nSPS) is 10.2. The van der Waals surface area contributed by atoms with E-state index in [-0.39, 0.29) is 0 Å². The first-order chi connectivity index (χ1) is 9.33. The number of ether oxygens (including phenoxy) is 1. The summed E-state index contributed by atoms with van der Waals surface area (Å²) in [7, 11) is 0. The number of rotatable bonds is 6. The van der Waals surface area contributed by atoms with E-state index in [4.69, 9.17) is 4.74 Å². The summed E-state index contributed by atoms with van der Waals surface area (Å²) >= 11 is 0. The summed E-state index contributed by atoms with van der Waals surface area (Å²) in [5.74, 6) is 0.772. The molecule has 2 heterocycles. The molecular formula is C15H19N3O. The van der Waals surface area contributed by atoms with Crippen molar-refractivity contribution in [2.45, 2.75) is 20.3 Å². The third kappa shape index (κ3) is 3.68. The van der Waals surface area contributed by atoms with Gasteiger partial charge in [0, 0.05) is 30.2 Å².